The van der Waals surface area contributed by atoms with Gasteiger partial charge in [0, 0.05) is 10.9 Å². The minimum Gasteiger partial charge on any atom is -0.352 e. The molecule has 3 rings (SSSR count). The van der Waals surface area contributed by atoms with Crippen LogP contribution in [0.25, 0.3) is 0 Å². The van der Waals surface area contributed by atoms with Crippen LogP contribution >= 0.6 is 11.8 Å². The summed E-state index contributed by atoms with van der Waals surface area (Å²) in [5.74, 6) is 1.83. The van der Waals surface area contributed by atoms with Crippen LogP contribution in [-0.4, -0.2) is 17.2 Å². The first-order valence-corrected chi connectivity index (χ1v) is 8.12. The molecule has 2 bridgehead atoms. The van der Waals surface area contributed by atoms with Crippen LogP contribution in [0.15, 0.2) is 35.2 Å². The number of fused-ring (bicyclic) bond motifs is 2. The lowest BCUT2D eigenvalue weighted by Crippen LogP contribution is -2.42. The molecule has 3 heteroatoms. The highest BCUT2D eigenvalue weighted by Gasteiger charge is 2.40. The number of rotatable bonds is 4. The maximum absolute atomic E-state index is 12.2. The number of nitrogens with one attached hydrogen (secondary N) is 1. The lowest BCUT2D eigenvalue weighted by atomic mass is 9.95. The van der Waals surface area contributed by atoms with Crippen molar-refractivity contribution in [3.8, 4) is 0 Å². The zero-order chi connectivity index (χ0) is 13.2. The predicted molar refractivity (Wildman–Crippen MR) is 79.1 cm³/mol. The Morgan fingerprint density at radius 2 is 2.05 bits per heavy atom. The molecule has 0 heterocycles. The second-order valence-electron chi connectivity index (χ2n) is 5.86. The Morgan fingerprint density at radius 3 is 2.68 bits per heavy atom. The van der Waals surface area contributed by atoms with Gasteiger partial charge in [0.05, 0.1) is 5.25 Å². The fourth-order valence-corrected chi connectivity index (χ4v) is 4.38. The molecule has 1 amide bonds. The number of hydrogen-bond donors (Lipinski definition) is 1. The maximum atomic E-state index is 12.2. The van der Waals surface area contributed by atoms with Crippen molar-refractivity contribution in [1.29, 1.82) is 0 Å². The fourth-order valence-electron chi connectivity index (χ4n) is 3.48. The van der Waals surface area contributed by atoms with Crippen molar-refractivity contribution in [3.63, 3.8) is 0 Å². The summed E-state index contributed by atoms with van der Waals surface area (Å²) < 4.78 is 0. The van der Waals surface area contributed by atoms with E-state index < -0.39 is 0 Å². The Bertz CT molecular complexity index is 447. The molecule has 2 fully saturated rings. The molecule has 1 aromatic carbocycles. The molecular formula is C16H21NOS. The summed E-state index contributed by atoms with van der Waals surface area (Å²) in [6.45, 7) is 2.00. The van der Waals surface area contributed by atoms with E-state index >= 15 is 0 Å². The van der Waals surface area contributed by atoms with Gasteiger partial charge in [-0.15, -0.1) is 11.8 Å². The van der Waals surface area contributed by atoms with Crippen molar-refractivity contribution in [2.24, 2.45) is 11.8 Å². The average molecular weight is 275 g/mol. The first kappa shape index (κ1) is 13.0. The normalized spacial score (nSPS) is 30.3. The maximum Gasteiger partial charge on any atom is 0.233 e. The van der Waals surface area contributed by atoms with Gasteiger partial charge >= 0.3 is 0 Å². The van der Waals surface area contributed by atoms with E-state index in [9.17, 15) is 4.79 Å². The second kappa shape index (κ2) is 5.58. The molecule has 2 aliphatic carbocycles. The molecule has 2 nitrogen and oxygen atoms in total. The van der Waals surface area contributed by atoms with Crippen molar-refractivity contribution in [1.82, 2.24) is 5.32 Å². The molecule has 1 aromatic rings. The van der Waals surface area contributed by atoms with Crippen molar-refractivity contribution in [2.75, 3.05) is 0 Å². The molecular weight excluding hydrogens is 254 g/mol. The number of benzene rings is 1. The smallest absolute Gasteiger partial charge is 0.233 e. The third-order valence-corrected chi connectivity index (χ3v) is 5.60. The van der Waals surface area contributed by atoms with E-state index in [0.717, 1.165) is 16.7 Å². The highest BCUT2D eigenvalue weighted by Crippen LogP contribution is 2.44. The van der Waals surface area contributed by atoms with Crippen LogP contribution in [0.2, 0.25) is 0 Å². The van der Waals surface area contributed by atoms with Gasteiger partial charge in [0.2, 0.25) is 5.91 Å². The topological polar surface area (TPSA) is 29.1 Å². The van der Waals surface area contributed by atoms with Crippen molar-refractivity contribution < 1.29 is 4.79 Å². The fraction of sp³-hybridized carbons (Fsp3) is 0.562. The van der Waals surface area contributed by atoms with E-state index in [-0.39, 0.29) is 11.2 Å². The summed E-state index contributed by atoms with van der Waals surface area (Å²) in [4.78, 5) is 13.4. The van der Waals surface area contributed by atoms with E-state index in [1.807, 2.05) is 25.1 Å². The summed E-state index contributed by atoms with van der Waals surface area (Å²) in [5.41, 5.74) is 0. The van der Waals surface area contributed by atoms with Crippen molar-refractivity contribution in [3.05, 3.63) is 30.3 Å². The van der Waals surface area contributed by atoms with Gasteiger partial charge in [-0.25, -0.2) is 0 Å². The van der Waals surface area contributed by atoms with Crippen LogP contribution in [-0.2, 0) is 4.79 Å². The summed E-state index contributed by atoms with van der Waals surface area (Å²) in [6, 6.07) is 10.6. The molecule has 0 radical (unpaired) electrons. The number of hydrogen-bond acceptors (Lipinski definition) is 2. The van der Waals surface area contributed by atoms with Crippen LogP contribution in [0.1, 0.15) is 32.6 Å². The lowest BCUT2D eigenvalue weighted by molar-refractivity contribution is -0.121. The quantitative estimate of drug-likeness (QED) is 0.852. The third kappa shape index (κ3) is 2.97. The van der Waals surface area contributed by atoms with Gasteiger partial charge in [-0.3, -0.25) is 4.79 Å². The Kier molecular flexibility index (Phi) is 3.83. The van der Waals surface area contributed by atoms with Crippen LogP contribution in [0.4, 0.5) is 0 Å². The predicted octanol–water partition coefficient (Wildman–Crippen LogP) is 3.47. The SMILES string of the molecule is C[C@@H](Sc1ccccc1)C(=O)N[C@@H]1C[C@H]2CC[C@@H]1C2. The highest BCUT2D eigenvalue weighted by molar-refractivity contribution is 8.00. The van der Waals surface area contributed by atoms with Gasteiger partial charge in [-0.2, -0.15) is 0 Å². The van der Waals surface area contributed by atoms with Crippen LogP contribution in [0.5, 0.6) is 0 Å². The minimum absolute atomic E-state index is 0.0125. The summed E-state index contributed by atoms with van der Waals surface area (Å²) in [7, 11) is 0. The summed E-state index contributed by atoms with van der Waals surface area (Å²) in [5, 5.41) is 3.26. The Hall–Kier alpha value is -0.960. The zero-order valence-electron chi connectivity index (χ0n) is 11.3. The molecule has 0 aliphatic heterocycles. The van der Waals surface area contributed by atoms with E-state index in [1.54, 1.807) is 11.8 Å². The largest absolute Gasteiger partial charge is 0.352 e. The van der Waals surface area contributed by atoms with Crippen LogP contribution in [0, 0.1) is 11.8 Å². The van der Waals surface area contributed by atoms with Crippen molar-refractivity contribution >= 4 is 17.7 Å². The van der Waals surface area contributed by atoms with Gasteiger partial charge < -0.3 is 5.32 Å². The molecule has 19 heavy (non-hydrogen) atoms. The molecule has 102 valence electrons. The Morgan fingerprint density at radius 1 is 1.26 bits per heavy atom. The van der Waals surface area contributed by atoms with Crippen LogP contribution in [0.3, 0.4) is 0 Å². The van der Waals surface area contributed by atoms with E-state index in [0.29, 0.717) is 6.04 Å². The first-order valence-electron chi connectivity index (χ1n) is 7.24. The van der Waals surface area contributed by atoms with Gasteiger partial charge in [0.15, 0.2) is 0 Å². The molecule has 2 saturated carbocycles. The zero-order valence-corrected chi connectivity index (χ0v) is 12.2. The van der Waals surface area contributed by atoms with E-state index in [1.165, 1.54) is 25.7 Å². The molecule has 0 aromatic heterocycles. The van der Waals surface area contributed by atoms with Gasteiger partial charge in [0.1, 0.15) is 0 Å². The number of amides is 1. The van der Waals surface area contributed by atoms with Crippen molar-refractivity contribution in [2.45, 2.75) is 48.8 Å². The average Bonchev–Trinajstić information content (AvgIpc) is 3.02. The monoisotopic (exact) mass is 275 g/mol. The molecule has 1 N–H and O–H groups in total. The summed E-state index contributed by atoms with van der Waals surface area (Å²) >= 11 is 1.64. The minimum atomic E-state index is -0.0125. The summed E-state index contributed by atoms with van der Waals surface area (Å²) in [6.07, 6.45) is 5.24. The van der Waals surface area contributed by atoms with Gasteiger partial charge in [0.25, 0.3) is 0 Å². The molecule has 4 atom stereocenters. The standard InChI is InChI=1S/C16H21NOS/c1-11(19-14-5-3-2-4-6-14)16(18)17-15-10-12-7-8-13(15)9-12/h2-6,11-13,15H,7-10H2,1H3,(H,17,18)/t11-,12+,13-,15-/m1/s1. The number of thioether (sulfide) groups is 1. The molecule has 0 unspecified atom stereocenters. The Labute approximate surface area is 119 Å². The van der Waals surface area contributed by atoms with E-state index in [4.69, 9.17) is 0 Å². The third-order valence-electron chi connectivity index (χ3n) is 4.49. The number of carbonyl (C=O) groups is 1. The van der Waals surface area contributed by atoms with Gasteiger partial charge in [-0.05, 0) is 50.2 Å². The molecule has 2 aliphatic rings. The highest BCUT2D eigenvalue weighted by atomic mass is 32.2. The molecule has 0 spiro atoms. The number of carbonyl (C=O) groups excluding carboxylic acids is 1. The molecule has 0 saturated heterocycles. The van der Waals surface area contributed by atoms with Gasteiger partial charge in [-0.1, -0.05) is 24.6 Å². The lowest BCUT2D eigenvalue weighted by Gasteiger charge is -2.24. The first-order chi connectivity index (χ1) is 9.22. The van der Waals surface area contributed by atoms with Crippen LogP contribution < -0.4 is 5.32 Å². The Balaban J connectivity index is 1.53. The second-order valence-corrected chi connectivity index (χ2v) is 7.28. The van der Waals surface area contributed by atoms with E-state index in [2.05, 4.69) is 17.4 Å².